The van der Waals surface area contributed by atoms with E-state index in [1.807, 2.05) is 12.1 Å². The highest BCUT2D eigenvalue weighted by molar-refractivity contribution is 5.95. The van der Waals surface area contributed by atoms with Gasteiger partial charge in [-0.1, -0.05) is 6.07 Å². The van der Waals surface area contributed by atoms with Gasteiger partial charge in [0.15, 0.2) is 0 Å². The second-order valence-electron chi connectivity index (χ2n) is 6.01. The normalized spacial score (nSPS) is 13.5. The molecular weight excluding hydrogens is 306 g/mol. The molecule has 2 heterocycles. The molecule has 6 nitrogen and oxygen atoms in total. The number of hydrogen-bond donors (Lipinski definition) is 1. The van der Waals surface area contributed by atoms with Crippen LogP contribution in [0.1, 0.15) is 40.9 Å². The van der Waals surface area contributed by atoms with Crippen LogP contribution >= 0.6 is 0 Å². The molecule has 24 heavy (non-hydrogen) atoms. The van der Waals surface area contributed by atoms with Crippen molar-refractivity contribution >= 4 is 11.8 Å². The van der Waals surface area contributed by atoms with Gasteiger partial charge in [-0.2, -0.15) is 0 Å². The van der Waals surface area contributed by atoms with Crippen LogP contribution in [0.25, 0.3) is 0 Å². The fraction of sp³-hybridized carbons (Fsp3) is 0.389. The lowest BCUT2D eigenvalue weighted by Gasteiger charge is -2.22. The lowest BCUT2D eigenvalue weighted by atomic mass is 10.2. The predicted molar refractivity (Wildman–Crippen MR) is 88.2 cm³/mol. The number of aryl methyl sites for hydroxylation is 1. The zero-order valence-corrected chi connectivity index (χ0v) is 13.7. The van der Waals surface area contributed by atoms with Crippen LogP contribution in [-0.2, 0) is 11.3 Å². The van der Waals surface area contributed by atoms with Crippen LogP contribution in [0.5, 0.6) is 0 Å². The molecule has 126 valence electrons. The van der Waals surface area contributed by atoms with Crippen molar-refractivity contribution in [1.29, 1.82) is 0 Å². The Bertz CT molecular complexity index is 707. The first-order valence-corrected chi connectivity index (χ1v) is 8.16. The third-order valence-corrected chi connectivity index (χ3v) is 4.13. The molecule has 0 bridgehead atoms. The van der Waals surface area contributed by atoms with Crippen LogP contribution in [0.4, 0.5) is 0 Å². The first-order valence-electron chi connectivity index (χ1n) is 8.16. The van der Waals surface area contributed by atoms with Gasteiger partial charge in [0.25, 0.3) is 5.91 Å². The molecule has 1 N–H and O–H groups in total. The molecule has 0 unspecified atom stereocenters. The molecule has 1 aliphatic carbocycles. The molecule has 2 aromatic heterocycles. The van der Waals surface area contributed by atoms with E-state index < -0.39 is 0 Å². The lowest BCUT2D eigenvalue weighted by Crippen LogP contribution is -2.36. The van der Waals surface area contributed by atoms with Crippen molar-refractivity contribution in [3.05, 3.63) is 53.7 Å². The van der Waals surface area contributed by atoms with Gasteiger partial charge in [0.05, 0.1) is 11.8 Å². The van der Waals surface area contributed by atoms with E-state index in [0.29, 0.717) is 30.8 Å². The van der Waals surface area contributed by atoms with Crippen molar-refractivity contribution in [2.45, 2.75) is 38.8 Å². The maximum absolute atomic E-state index is 12.6. The van der Waals surface area contributed by atoms with Gasteiger partial charge in [-0.25, -0.2) is 0 Å². The van der Waals surface area contributed by atoms with Gasteiger partial charge in [0, 0.05) is 37.9 Å². The Labute approximate surface area is 140 Å². The molecule has 1 aliphatic rings. The molecule has 3 rings (SSSR count). The van der Waals surface area contributed by atoms with Crippen molar-refractivity contribution in [2.24, 2.45) is 0 Å². The molecule has 0 aromatic carbocycles. The second-order valence-corrected chi connectivity index (χ2v) is 6.01. The maximum Gasteiger partial charge on any atom is 0.257 e. The van der Waals surface area contributed by atoms with Gasteiger partial charge in [-0.3, -0.25) is 14.6 Å². The van der Waals surface area contributed by atoms with Crippen molar-refractivity contribution in [3.8, 4) is 0 Å². The number of hydrogen-bond acceptors (Lipinski definition) is 4. The van der Waals surface area contributed by atoms with Gasteiger partial charge < -0.3 is 14.6 Å². The van der Waals surface area contributed by atoms with Crippen LogP contribution in [-0.4, -0.2) is 34.3 Å². The Morgan fingerprint density at radius 2 is 2.21 bits per heavy atom. The van der Waals surface area contributed by atoms with Crippen molar-refractivity contribution < 1.29 is 14.0 Å². The fourth-order valence-corrected chi connectivity index (χ4v) is 2.61. The van der Waals surface area contributed by atoms with E-state index in [9.17, 15) is 9.59 Å². The number of rotatable bonds is 7. The first-order chi connectivity index (χ1) is 11.6. The summed E-state index contributed by atoms with van der Waals surface area (Å²) in [5.74, 6) is 0.497. The van der Waals surface area contributed by atoms with Crippen LogP contribution in [0.3, 0.4) is 0 Å². The summed E-state index contributed by atoms with van der Waals surface area (Å²) < 4.78 is 5.22. The van der Waals surface area contributed by atoms with Gasteiger partial charge in [0.2, 0.25) is 5.91 Å². The smallest absolute Gasteiger partial charge is 0.257 e. The number of furan rings is 1. The predicted octanol–water partition coefficient (Wildman–Crippen LogP) is 2.29. The Kier molecular flexibility index (Phi) is 4.93. The van der Waals surface area contributed by atoms with Crippen molar-refractivity contribution in [2.75, 3.05) is 6.54 Å². The quantitative estimate of drug-likeness (QED) is 0.846. The molecule has 0 aliphatic heterocycles. The Hall–Kier alpha value is -2.63. The minimum Gasteiger partial charge on any atom is -0.469 e. The first kappa shape index (κ1) is 16.2. The van der Waals surface area contributed by atoms with E-state index in [1.54, 1.807) is 30.3 Å². The van der Waals surface area contributed by atoms with Crippen molar-refractivity contribution in [3.63, 3.8) is 0 Å². The van der Waals surface area contributed by atoms with Crippen LogP contribution in [0.15, 0.2) is 41.3 Å². The zero-order chi connectivity index (χ0) is 16.9. The third kappa shape index (κ3) is 4.01. The summed E-state index contributed by atoms with van der Waals surface area (Å²) in [6.45, 7) is 2.65. The van der Waals surface area contributed by atoms with E-state index in [2.05, 4.69) is 10.3 Å². The molecular formula is C18H21N3O3. The average molecular weight is 327 g/mol. The minimum absolute atomic E-state index is 0.0520. The summed E-state index contributed by atoms with van der Waals surface area (Å²) in [5.41, 5.74) is 1.53. The Morgan fingerprint density at radius 3 is 2.83 bits per heavy atom. The van der Waals surface area contributed by atoms with Crippen LogP contribution in [0, 0.1) is 6.92 Å². The monoisotopic (exact) mass is 327 g/mol. The fourth-order valence-electron chi connectivity index (χ4n) is 2.61. The number of nitrogens with zero attached hydrogens (tertiary/aromatic N) is 2. The Morgan fingerprint density at radius 1 is 1.38 bits per heavy atom. The Balaban J connectivity index is 1.52. The summed E-state index contributed by atoms with van der Waals surface area (Å²) in [5, 5.41) is 2.86. The molecule has 2 aromatic rings. The molecule has 0 radical (unpaired) electrons. The molecule has 0 spiro atoms. The number of carbonyl (C=O) groups excluding carboxylic acids is 2. The van der Waals surface area contributed by atoms with E-state index in [4.69, 9.17) is 4.42 Å². The highest BCUT2D eigenvalue weighted by Gasteiger charge is 2.34. The number of amides is 2. The molecule has 0 saturated heterocycles. The van der Waals surface area contributed by atoms with Crippen molar-refractivity contribution in [1.82, 2.24) is 15.2 Å². The van der Waals surface area contributed by atoms with Crippen LogP contribution < -0.4 is 5.32 Å². The summed E-state index contributed by atoms with van der Waals surface area (Å²) in [7, 11) is 0. The molecule has 1 saturated carbocycles. The molecule has 6 heteroatoms. The van der Waals surface area contributed by atoms with Gasteiger partial charge in [-0.05, 0) is 37.5 Å². The number of pyridine rings is 1. The topological polar surface area (TPSA) is 75.4 Å². The summed E-state index contributed by atoms with van der Waals surface area (Å²) in [4.78, 5) is 30.5. The maximum atomic E-state index is 12.6. The van der Waals surface area contributed by atoms with Gasteiger partial charge >= 0.3 is 0 Å². The SMILES string of the molecule is Cc1occc1C(=O)N(CCC(=O)NCc1cccnc1)C1CC1. The zero-order valence-electron chi connectivity index (χ0n) is 13.7. The standard InChI is InChI=1S/C18H21N3O3/c1-13-16(7-10-24-13)18(23)21(15-4-5-15)9-6-17(22)20-12-14-3-2-8-19-11-14/h2-3,7-8,10-11,15H,4-6,9,12H2,1H3,(H,20,22). The van der Waals surface area contributed by atoms with E-state index in [0.717, 1.165) is 18.4 Å². The van der Waals surface area contributed by atoms with E-state index >= 15 is 0 Å². The highest BCUT2D eigenvalue weighted by atomic mass is 16.3. The van der Waals surface area contributed by atoms with Gasteiger partial charge in [0.1, 0.15) is 5.76 Å². The number of nitrogens with one attached hydrogen (secondary N) is 1. The van der Waals surface area contributed by atoms with Gasteiger partial charge in [-0.15, -0.1) is 0 Å². The average Bonchev–Trinajstić information content (AvgIpc) is 3.34. The lowest BCUT2D eigenvalue weighted by molar-refractivity contribution is -0.121. The summed E-state index contributed by atoms with van der Waals surface area (Å²) >= 11 is 0. The second kappa shape index (κ2) is 7.29. The molecule has 2 amide bonds. The van der Waals surface area contributed by atoms with E-state index in [1.165, 1.54) is 6.26 Å². The number of carbonyl (C=O) groups is 2. The molecule has 1 fully saturated rings. The number of aromatic nitrogens is 1. The highest BCUT2D eigenvalue weighted by Crippen LogP contribution is 2.29. The molecule has 0 atom stereocenters. The van der Waals surface area contributed by atoms with Crippen LogP contribution in [0.2, 0.25) is 0 Å². The summed E-state index contributed by atoms with van der Waals surface area (Å²) in [6.07, 6.45) is 7.23. The van der Waals surface area contributed by atoms with E-state index in [-0.39, 0.29) is 17.9 Å². The summed E-state index contributed by atoms with van der Waals surface area (Å²) in [6, 6.07) is 5.69. The third-order valence-electron chi connectivity index (χ3n) is 4.13. The largest absolute Gasteiger partial charge is 0.469 e. The minimum atomic E-state index is -0.0683.